The minimum Gasteiger partial charge on any atom is -0.379 e. The van der Waals surface area contributed by atoms with Gasteiger partial charge in [0.1, 0.15) is 12.1 Å². The van der Waals surface area contributed by atoms with Crippen LogP contribution in [0.2, 0.25) is 0 Å². The van der Waals surface area contributed by atoms with Crippen LogP contribution in [0.3, 0.4) is 0 Å². The molecule has 4 aliphatic heterocycles. The summed E-state index contributed by atoms with van der Waals surface area (Å²) in [7, 11) is 0. The molecule has 1 N–H and O–H groups in total. The number of carbonyl (C=O) groups excluding carboxylic acids is 4. The largest absolute Gasteiger partial charge is 0.379 e. The first-order valence-corrected chi connectivity index (χ1v) is 27.2. The van der Waals surface area contributed by atoms with Gasteiger partial charge in [0.25, 0.3) is 11.8 Å². The highest BCUT2D eigenvalue weighted by molar-refractivity contribution is 9.10. The van der Waals surface area contributed by atoms with E-state index in [1.165, 1.54) is 42.4 Å². The van der Waals surface area contributed by atoms with Crippen LogP contribution in [0.25, 0.3) is 11.4 Å². The van der Waals surface area contributed by atoms with Crippen molar-refractivity contribution in [2.45, 2.75) is 126 Å². The van der Waals surface area contributed by atoms with Crippen molar-refractivity contribution in [3.63, 3.8) is 0 Å². The number of amides is 2. The summed E-state index contributed by atoms with van der Waals surface area (Å²) in [5.41, 5.74) is 13.7. The zero-order valence-electron chi connectivity index (χ0n) is 42.1. The number of piperidine rings is 2. The second-order valence-electron chi connectivity index (χ2n) is 20.6. The molecule has 2 saturated carbocycles. The zero-order chi connectivity index (χ0) is 51.0. The van der Waals surface area contributed by atoms with Gasteiger partial charge in [-0.25, -0.2) is 4.98 Å². The zero-order valence-corrected chi connectivity index (χ0v) is 43.7. The van der Waals surface area contributed by atoms with Gasteiger partial charge < -0.3 is 24.3 Å². The molecule has 73 heavy (non-hydrogen) atoms. The van der Waals surface area contributed by atoms with E-state index in [4.69, 9.17) is 25.0 Å². The molecule has 0 bridgehead atoms. The van der Waals surface area contributed by atoms with E-state index in [2.05, 4.69) is 70.3 Å². The number of halogens is 1. The molecule has 12 nitrogen and oxygen atoms in total. The standard InChI is InChI=1S/C30H32N4O2.C25H26N2O2.C5H7BrO2/c1-19-15-25(23-3-2-4-23)26(29-32-27-11-14-36-18-28(27)33-29)16-24(19)30(35)34-12-9-22(10-13-34)21-7-5-20(17-31)6-8-21;1-17-13-24(21-3-2-4-21)22(16-28)14-23(17)25(29)27-11-9-20(10-12-27)19-7-5-18(15-26)6-8-19;6-4-3-8-2-1-5(4)7/h5-8,15-16,22-23H,2-4,9-14,18H2,1H3,(H,32,33);5-8,13-14,16,20-21H,2-4,9-12H2,1H3;4H,1-3H2. The first kappa shape index (κ1) is 51.6. The predicted molar refractivity (Wildman–Crippen MR) is 283 cm³/mol. The molecule has 5 aromatic rings. The third-order valence-corrected chi connectivity index (χ3v) is 16.8. The minimum atomic E-state index is -0.0451. The van der Waals surface area contributed by atoms with E-state index in [0.717, 1.165) is 109 Å². The molecule has 0 spiro atoms. The van der Waals surface area contributed by atoms with Crippen molar-refractivity contribution >= 4 is 39.8 Å². The summed E-state index contributed by atoms with van der Waals surface area (Å²) in [6, 6.07) is 28.2. The number of aromatic amines is 1. The van der Waals surface area contributed by atoms with Crippen molar-refractivity contribution in [3.8, 4) is 23.5 Å². The van der Waals surface area contributed by atoms with Crippen LogP contribution in [0.15, 0.2) is 72.8 Å². The third kappa shape index (κ3) is 11.9. The highest BCUT2D eigenvalue weighted by atomic mass is 79.9. The van der Waals surface area contributed by atoms with Crippen molar-refractivity contribution < 1.29 is 28.7 Å². The number of nitrogens with one attached hydrogen (secondary N) is 1. The number of fused-ring (bicyclic) bond motifs is 1. The number of nitriles is 2. The first-order valence-electron chi connectivity index (χ1n) is 26.2. The Labute approximate surface area is 437 Å². The SMILES string of the molecule is Cc1cc(C2CCC2)c(-c2nc3c([nH]2)COCC3)cc1C(=O)N1CCC(c2ccc(C#N)cc2)CC1.Cc1cc(C2CCC2)c(C=O)cc1C(=O)N1CCC(c2ccc(C#N)cc2)CC1.O=C1CCOCC1Br. The molecule has 5 heterocycles. The Hall–Kier alpha value is -6.25. The van der Waals surface area contributed by atoms with E-state index in [1.54, 1.807) is 0 Å². The molecule has 6 aliphatic rings. The average molecular weight is 1050 g/mol. The molecule has 3 saturated heterocycles. The van der Waals surface area contributed by atoms with Gasteiger partial charge in [-0.2, -0.15) is 10.5 Å². The molecule has 378 valence electrons. The number of hydrogen-bond donors (Lipinski definition) is 1. The number of imidazole rings is 1. The summed E-state index contributed by atoms with van der Waals surface area (Å²) in [6.07, 6.45) is 13.2. The number of aromatic nitrogens is 2. The Kier molecular flexibility index (Phi) is 16.8. The van der Waals surface area contributed by atoms with E-state index in [0.29, 0.717) is 91.9 Å². The van der Waals surface area contributed by atoms with Crippen molar-refractivity contribution in [3.05, 3.63) is 145 Å². The lowest BCUT2D eigenvalue weighted by atomic mass is 9.77. The van der Waals surface area contributed by atoms with Crippen LogP contribution in [0.1, 0.15) is 181 Å². The van der Waals surface area contributed by atoms with Crippen molar-refractivity contribution in [1.29, 1.82) is 10.5 Å². The quantitative estimate of drug-likeness (QED) is 0.117. The molecular weight excluding hydrogens is 981 g/mol. The summed E-state index contributed by atoms with van der Waals surface area (Å²) < 4.78 is 10.6. The molecular formula is C60H65BrN6O6. The lowest BCUT2D eigenvalue weighted by Gasteiger charge is -2.33. The number of alkyl halides is 1. The monoisotopic (exact) mass is 1040 g/mol. The van der Waals surface area contributed by atoms with Gasteiger partial charge >= 0.3 is 0 Å². The second-order valence-corrected chi connectivity index (χ2v) is 21.7. The summed E-state index contributed by atoms with van der Waals surface area (Å²) in [6.45, 7) is 9.39. The van der Waals surface area contributed by atoms with E-state index in [-0.39, 0.29) is 22.4 Å². The molecule has 13 heteroatoms. The molecule has 0 radical (unpaired) electrons. The van der Waals surface area contributed by atoms with Gasteiger partial charge in [-0.15, -0.1) is 0 Å². The number of Topliss-reactive ketones (excluding diaryl/α,β-unsaturated/α-hetero) is 1. The van der Waals surface area contributed by atoms with Crippen LogP contribution < -0.4 is 0 Å². The van der Waals surface area contributed by atoms with Gasteiger partial charge in [-0.05, 0) is 159 Å². The number of ketones is 1. The molecule has 4 aromatic carbocycles. The number of hydrogen-bond acceptors (Lipinski definition) is 9. The Bertz CT molecular complexity index is 2870. The van der Waals surface area contributed by atoms with Gasteiger partial charge in [0, 0.05) is 61.3 Å². The number of aldehydes is 1. The van der Waals surface area contributed by atoms with Gasteiger partial charge in [0.2, 0.25) is 0 Å². The summed E-state index contributed by atoms with van der Waals surface area (Å²) in [5, 5.41) is 18.0. The van der Waals surface area contributed by atoms with Crippen LogP contribution in [0.4, 0.5) is 0 Å². The number of ether oxygens (including phenoxy) is 2. The number of nitrogens with zero attached hydrogens (tertiary/aromatic N) is 5. The Morgan fingerprint density at radius 3 is 1.64 bits per heavy atom. The lowest BCUT2D eigenvalue weighted by Crippen LogP contribution is -2.38. The molecule has 2 aliphatic carbocycles. The van der Waals surface area contributed by atoms with E-state index < -0.39 is 0 Å². The second kappa shape index (κ2) is 23.7. The van der Waals surface area contributed by atoms with Crippen molar-refractivity contribution in [2.24, 2.45) is 0 Å². The number of carbonyl (C=O) groups is 4. The molecule has 11 rings (SSSR count). The number of aryl methyl sites for hydroxylation is 2. The average Bonchev–Trinajstić information content (AvgIpc) is 3.83. The smallest absolute Gasteiger partial charge is 0.254 e. The Morgan fingerprint density at radius 1 is 0.685 bits per heavy atom. The molecule has 1 aromatic heterocycles. The number of benzene rings is 4. The van der Waals surface area contributed by atoms with Gasteiger partial charge in [0.05, 0.1) is 65.9 Å². The van der Waals surface area contributed by atoms with Crippen molar-refractivity contribution in [1.82, 2.24) is 19.8 Å². The number of likely N-dealkylation sites (tertiary alicyclic amines) is 2. The van der Waals surface area contributed by atoms with Crippen LogP contribution in [0.5, 0.6) is 0 Å². The maximum atomic E-state index is 13.7. The fourth-order valence-corrected chi connectivity index (χ4v) is 11.5. The van der Waals surface area contributed by atoms with Crippen molar-refractivity contribution in [2.75, 3.05) is 46.0 Å². The van der Waals surface area contributed by atoms with E-state index in [9.17, 15) is 19.2 Å². The minimum absolute atomic E-state index is 0.0315. The van der Waals surface area contributed by atoms with Crippen LogP contribution in [-0.2, 0) is 27.3 Å². The predicted octanol–water partition coefficient (Wildman–Crippen LogP) is 11.3. The maximum absolute atomic E-state index is 13.7. The number of H-pyrrole nitrogens is 1. The highest BCUT2D eigenvalue weighted by Gasteiger charge is 2.31. The van der Waals surface area contributed by atoms with E-state index in [1.807, 2.05) is 59.2 Å². The van der Waals surface area contributed by atoms with Crippen LogP contribution in [0, 0.1) is 36.5 Å². The van der Waals surface area contributed by atoms with Crippen LogP contribution in [-0.4, -0.2) is 94.5 Å². The van der Waals surface area contributed by atoms with E-state index >= 15 is 0 Å². The maximum Gasteiger partial charge on any atom is 0.254 e. The molecule has 1 unspecified atom stereocenters. The summed E-state index contributed by atoms with van der Waals surface area (Å²) in [4.78, 5) is 61.5. The Balaban J connectivity index is 0.000000159. The van der Waals surface area contributed by atoms with Crippen LogP contribution >= 0.6 is 15.9 Å². The fraction of sp³-hybridized carbons (Fsp3) is 0.450. The molecule has 1 atom stereocenters. The summed E-state index contributed by atoms with van der Waals surface area (Å²) >= 11 is 3.18. The number of rotatable bonds is 8. The van der Waals surface area contributed by atoms with Gasteiger partial charge in [-0.1, -0.05) is 65.2 Å². The van der Waals surface area contributed by atoms with Gasteiger partial charge in [-0.3, -0.25) is 19.2 Å². The van der Waals surface area contributed by atoms with Gasteiger partial charge in [0.15, 0.2) is 5.78 Å². The highest BCUT2D eigenvalue weighted by Crippen LogP contribution is 2.43. The first-order chi connectivity index (χ1) is 35.5. The summed E-state index contributed by atoms with van der Waals surface area (Å²) in [5.74, 6) is 3.15. The normalized spacial score (nSPS) is 19.4. The Morgan fingerprint density at radius 2 is 1.19 bits per heavy atom. The molecule has 2 amide bonds. The topological polar surface area (TPSA) is 169 Å². The molecule has 5 fully saturated rings. The fourth-order valence-electron chi connectivity index (χ4n) is 11.1. The lowest BCUT2D eigenvalue weighted by molar-refractivity contribution is -0.123. The third-order valence-electron chi connectivity index (χ3n) is 16.0.